The molecule has 0 amide bonds. The minimum atomic E-state index is -1.07. The van der Waals surface area contributed by atoms with Crippen molar-refractivity contribution in [1.29, 1.82) is 0 Å². The third kappa shape index (κ3) is 6.30. The summed E-state index contributed by atoms with van der Waals surface area (Å²) >= 11 is 0. The molecule has 0 aliphatic rings. The van der Waals surface area contributed by atoms with E-state index in [0.29, 0.717) is 33.7 Å². The lowest BCUT2D eigenvalue weighted by molar-refractivity contribution is 0.0697. The van der Waals surface area contributed by atoms with E-state index in [4.69, 9.17) is 4.74 Å². The fraction of sp³-hybridized carbons (Fsp3) is 0.242. The van der Waals surface area contributed by atoms with Gasteiger partial charge in [0.05, 0.1) is 29.0 Å². The number of halogens is 3. The Morgan fingerprint density at radius 1 is 0.976 bits per heavy atom. The predicted molar refractivity (Wildman–Crippen MR) is 154 cm³/mol. The molecular formula is C33H30F3N3O3. The van der Waals surface area contributed by atoms with Gasteiger partial charge in [-0.05, 0) is 60.5 Å². The average Bonchev–Trinajstić information content (AvgIpc) is 3.28. The van der Waals surface area contributed by atoms with Crippen LogP contribution in [0.4, 0.5) is 13.2 Å². The molecule has 216 valence electrons. The van der Waals surface area contributed by atoms with Crippen molar-refractivity contribution in [3.63, 3.8) is 0 Å². The molecule has 0 unspecified atom stereocenters. The molecule has 0 fully saturated rings. The van der Waals surface area contributed by atoms with Crippen LogP contribution in [0.15, 0.2) is 72.8 Å². The number of aryl methyl sites for hydroxylation is 1. The summed E-state index contributed by atoms with van der Waals surface area (Å²) in [5, 5.41) is 9.47. The highest BCUT2D eigenvalue weighted by molar-refractivity contribution is 5.92. The van der Waals surface area contributed by atoms with E-state index in [2.05, 4.69) is 9.97 Å². The van der Waals surface area contributed by atoms with Crippen LogP contribution >= 0.6 is 0 Å². The number of fused-ring (bicyclic) bond motifs is 1. The van der Waals surface area contributed by atoms with Gasteiger partial charge in [-0.2, -0.15) is 0 Å². The standard InChI is InChI=1S/C33H30F3N3O3/c1-20-7-9-23(25(35)13-20)17-42-31-6-4-5-27(38-31)24-11-8-21(14-26(24)36)15-30-37-28-12-10-22(32(40)41)16-29(28)39(30)19-33(2,3)18-34/h4-14,16H,15,17-19H2,1-3H3,(H,40,41). The van der Waals surface area contributed by atoms with Gasteiger partial charge in [0.15, 0.2) is 0 Å². The first-order chi connectivity index (χ1) is 20.0. The van der Waals surface area contributed by atoms with Gasteiger partial charge in [-0.1, -0.05) is 38.1 Å². The van der Waals surface area contributed by atoms with Crippen LogP contribution in [-0.4, -0.2) is 32.3 Å². The molecular weight excluding hydrogens is 543 g/mol. The van der Waals surface area contributed by atoms with E-state index in [-0.39, 0.29) is 42.4 Å². The number of rotatable bonds is 10. The van der Waals surface area contributed by atoms with E-state index >= 15 is 4.39 Å². The molecule has 0 atom stereocenters. The zero-order valence-electron chi connectivity index (χ0n) is 23.5. The summed E-state index contributed by atoms with van der Waals surface area (Å²) in [6.45, 7) is 5.03. The molecule has 0 aliphatic carbocycles. The van der Waals surface area contributed by atoms with Crippen LogP contribution in [0.25, 0.3) is 22.3 Å². The zero-order chi connectivity index (χ0) is 30.0. The fourth-order valence-electron chi connectivity index (χ4n) is 4.71. The highest BCUT2D eigenvalue weighted by atomic mass is 19.1. The lowest BCUT2D eigenvalue weighted by Crippen LogP contribution is -2.23. The molecule has 3 aromatic carbocycles. The summed E-state index contributed by atoms with van der Waals surface area (Å²) in [6.07, 6.45) is 0.245. The minimum absolute atomic E-state index is 0.0157. The number of carbonyl (C=O) groups is 1. The Bertz CT molecular complexity index is 1780. The van der Waals surface area contributed by atoms with Crippen molar-refractivity contribution in [1.82, 2.24) is 14.5 Å². The monoisotopic (exact) mass is 573 g/mol. The Morgan fingerprint density at radius 2 is 1.79 bits per heavy atom. The first kappa shape index (κ1) is 28.9. The lowest BCUT2D eigenvalue weighted by Gasteiger charge is -2.23. The third-order valence-corrected chi connectivity index (χ3v) is 7.00. The van der Waals surface area contributed by atoms with Crippen molar-refractivity contribution in [2.75, 3.05) is 6.67 Å². The molecule has 0 radical (unpaired) electrons. The van der Waals surface area contributed by atoms with Crippen LogP contribution in [0.2, 0.25) is 0 Å². The Balaban J connectivity index is 1.40. The number of carboxylic acids is 1. The second-order valence-corrected chi connectivity index (χ2v) is 11.2. The number of nitrogens with zero attached hydrogens (tertiary/aromatic N) is 3. The van der Waals surface area contributed by atoms with Crippen molar-refractivity contribution in [3.05, 3.63) is 113 Å². The number of benzene rings is 3. The van der Waals surface area contributed by atoms with Crippen molar-refractivity contribution in [2.45, 2.75) is 40.3 Å². The summed E-state index contributed by atoms with van der Waals surface area (Å²) in [5.41, 5.74) is 3.00. The number of aromatic nitrogens is 3. The molecule has 42 heavy (non-hydrogen) atoms. The molecule has 6 nitrogen and oxygen atoms in total. The number of ether oxygens (including phenoxy) is 1. The van der Waals surface area contributed by atoms with Gasteiger partial charge < -0.3 is 14.4 Å². The molecule has 9 heteroatoms. The molecule has 0 aliphatic heterocycles. The van der Waals surface area contributed by atoms with E-state index in [1.54, 1.807) is 69.3 Å². The lowest BCUT2D eigenvalue weighted by atomic mass is 9.95. The van der Waals surface area contributed by atoms with E-state index in [0.717, 1.165) is 5.56 Å². The molecule has 0 spiro atoms. The second kappa shape index (κ2) is 11.7. The first-order valence-electron chi connectivity index (χ1n) is 13.4. The summed E-state index contributed by atoms with van der Waals surface area (Å²) in [5.74, 6) is -1.13. The maximum absolute atomic E-state index is 15.4. The quantitative estimate of drug-likeness (QED) is 0.187. The van der Waals surface area contributed by atoms with Gasteiger partial charge in [0.25, 0.3) is 0 Å². The van der Waals surface area contributed by atoms with Crippen LogP contribution in [0, 0.1) is 24.0 Å². The van der Waals surface area contributed by atoms with Crippen molar-refractivity contribution in [2.24, 2.45) is 5.41 Å². The molecule has 1 N–H and O–H groups in total. The molecule has 0 bridgehead atoms. The molecule has 5 rings (SSSR count). The first-order valence-corrected chi connectivity index (χ1v) is 13.4. The number of imidazole rings is 1. The highest BCUT2D eigenvalue weighted by Gasteiger charge is 2.23. The van der Waals surface area contributed by atoms with Crippen LogP contribution in [0.3, 0.4) is 0 Å². The fourth-order valence-corrected chi connectivity index (χ4v) is 4.71. The number of aromatic carboxylic acids is 1. The number of hydrogen-bond donors (Lipinski definition) is 1. The Morgan fingerprint density at radius 3 is 2.50 bits per heavy atom. The zero-order valence-corrected chi connectivity index (χ0v) is 23.5. The third-order valence-electron chi connectivity index (χ3n) is 7.00. The molecule has 0 saturated carbocycles. The SMILES string of the molecule is Cc1ccc(COc2cccc(-c3ccc(Cc4nc5ccc(C(=O)O)cc5n4CC(C)(C)CF)cc3F)n2)c(F)c1. The largest absolute Gasteiger partial charge is 0.478 e. The summed E-state index contributed by atoms with van der Waals surface area (Å²) < 4.78 is 50.9. The maximum Gasteiger partial charge on any atom is 0.335 e. The molecule has 2 heterocycles. The molecule has 0 saturated heterocycles. The van der Waals surface area contributed by atoms with Crippen LogP contribution in [-0.2, 0) is 19.6 Å². The van der Waals surface area contributed by atoms with Gasteiger partial charge >= 0.3 is 5.97 Å². The highest BCUT2D eigenvalue weighted by Crippen LogP contribution is 2.29. The smallest absolute Gasteiger partial charge is 0.335 e. The minimum Gasteiger partial charge on any atom is -0.478 e. The number of hydrogen-bond acceptors (Lipinski definition) is 4. The molecule has 5 aromatic rings. The maximum atomic E-state index is 15.4. The Kier molecular flexibility index (Phi) is 8.02. The van der Waals surface area contributed by atoms with E-state index in [1.807, 2.05) is 4.57 Å². The summed E-state index contributed by atoms with van der Waals surface area (Å²) in [4.78, 5) is 20.7. The Hall–Kier alpha value is -4.66. The topological polar surface area (TPSA) is 77.2 Å². The van der Waals surface area contributed by atoms with E-state index < -0.39 is 23.9 Å². The van der Waals surface area contributed by atoms with Crippen molar-refractivity contribution < 1.29 is 27.8 Å². The van der Waals surface area contributed by atoms with Gasteiger partial charge in [0.1, 0.15) is 24.1 Å². The van der Waals surface area contributed by atoms with E-state index in [9.17, 15) is 18.7 Å². The number of alkyl halides is 1. The van der Waals surface area contributed by atoms with Crippen LogP contribution in [0.1, 0.15) is 46.7 Å². The average molecular weight is 574 g/mol. The second-order valence-electron chi connectivity index (χ2n) is 11.2. The van der Waals surface area contributed by atoms with E-state index in [1.165, 1.54) is 24.3 Å². The van der Waals surface area contributed by atoms with Crippen LogP contribution in [0.5, 0.6) is 5.88 Å². The normalized spacial score (nSPS) is 11.7. The number of pyridine rings is 1. The van der Waals surface area contributed by atoms with Gasteiger partial charge in [-0.25, -0.2) is 23.5 Å². The van der Waals surface area contributed by atoms with Gasteiger partial charge in [0, 0.05) is 35.6 Å². The van der Waals surface area contributed by atoms with Crippen LogP contribution < -0.4 is 4.74 Å². The van der Waals surface area contributed by atoms with Gasteiger partial charge in [-0.15, -0.1) is 0 Å². The van der Waals surface area contributed by atoms with Gasteiger partial charge in [-0.3, -0.25) is 4.39 Å². The summed E-state index contributed by atoms with van der Waals surface area (Å²) in [6, 6.07) is 19.3. The summed E-state index contributed by atoms with van der Waals surface area (Å²) in [7, 11) is 0. The Labute approximate surface area is 241 Å². The van der Waals surface area contributed by atoms with Crippen molar-refractivity contribution >= 4 is 17.0 Å². The van der Waals surface area contributed by atoms with Gasteiger partial charge in [0.2, 0.25) is 5.88 Å². The van der Waals surface area contributed by atoms with Crippen molar-refractivity contribution in [3.8, 4) is 17.1 Å². The number of carboxylic acid groups (broad SMARTS) is 1. The predicted octanol–water partition coefficient (Wildman–Crippen LogP) is 7.55. The molecule has 2 aromatic heterocycles.